The van der Waals surface area contributed by atoms with Crippen molar-refractivity contribution in [3.63, 3.8) is 0 Å². The highest BCUT2D eigenvalue weighted by Gasteiger charge is 2.41. The third kappa shape index (κ3) is 4.33. The monoisotopic (exact) mass is 420 g/mol. The normalized spacial score (nSPS) is 28.3. The Morgan fingerprint density at radius 1 is 1.03 bits per heavy atom. The van der Waals surface area contributed by atoms with Crippen LogP contribution in [0.15, 0.2) is 30.3 Å². The van der Waals surface area contributed by atoms with Gasteiger partial charge in [0.25, 0.3) is 0 Å². The Labute approximate surface area is 171 Å². The highest BCUT2D eigenvalue weighted by atomic mass is 32.2. The summed E-state index contributed by atoms with van der Waals surface area (Å²) in [6.45, 7) is 2.34. The molecule has 0 saturated carbocycles. The number of sulfone groups is 1. The Kier molecular flexibility index (Phi) is 5.92. The maximum Gasteiger partial charge on any atom is 0.228 e. The zero-order valence-electron chi connectivity index (χ0n) is 16.5. The molecule has 29 heavy (non-hydrogen) atoms. The highest BCUT2D eigenvalue weighted by molar-refractivity contribution is 7.91. The van der Waals surface area contributed by atoms with Gasteiger partial charge in [-0.25, -0.2) is 8.42 Å². The van der Waals surface area contributed by atoms with Gasteiger partial charge in [0, 0.05) is 45.3 Å². The lowest BCUT2D eigenvalue weighted by Crippen LogP contribution is -2.42. The number of carbonyl (C=O) groups is 2. The molecule has 4 rings (SSSR count). The number of benzene rings is 1. The van der Waals surface area contributed by atoms with E-state index < -0.39 is 15.1 Å². The quantitative estimate of drug-likeness (QED) is 0.738. The van der Waals surface area contributed by atoms with E-state index in [4.69, 9.17) is 4.74 Å². The van der Waals surface area contributed by atoms with Crippen LogP contribution < -0.4 is 0 Å². The summed E-state index contributed by atoms with van der Waals surface area (Å²) in [5.74, 6) is -0.471. The van der Waals surface area contributed by atoms with E-state index in [-0.39, 0.29) is 42.5 Å². The van der Waals surface area contributed by atoms with E-state index in [1.807, 2.05) is 35.2 Å². The van der Waals surface area contributed by atoms with Crippen LogP contribution in [-0.2, 0) is 24.2 Å². The Hall–Kier alpha value is -1.93. The Balaban J connectivity index is 1.43. The van der Waals surface area contributed by atoms with Gasteiger partial charge in [-0.05, 0) is 24.8 Å². The number of hydrogen-bond donors (Lipinski definition) is 0. The molecule has 3 aliphatic heterocycles. The first kappa shape index (κ1) is 20.3. The van der Waals surface area contributed by atoms with Crippen molar-refractivity contribution in [3.8, 4) is 0 Å². The SMILES string of the molecule is O=C(C1CC(=O)N(C2CCOCC2)C1)N1CCC(c2ccccc2)S(=O)(=O)CC1. The van der Waals surface area contributed by atoms with Crippen molar-refractivity contribution < 1.29 is 22.7 Å². The first-order valence-corrected chi connectivity index (χ1v) is 12.1. The Bertz CT molecular complexity index is 851. The molecule has 0 N–H and O–H groups in total. The molecular weight excluding hydrogens is 392 g/mol. The molecule has 3 heterocycles. The first-order chi connectivity index (χ1) is 14.0. The summed E-state index contributed by atoms with van der Waals surface area (Å²) in [7, 11) is -3.33. The summed E-state index contributed by atoms with van der Waals surface area (Å²) in [5, 5.41) is -0.578. The number of amides is 2. The van der Waals surface area contributed by atoms with E-state index in [1.165, 1.54) is 0 Å². The third-order valence-electron chi connectivity index (χ3n) is 6.36. The molecule has 7 nitrogen and oxygen atoms in total. The van der Waals surface area contributed by atoms with Crippen molar-refractivity contribution >= 4 is 21.7 Å². The van der Waals surface area contributed by atoms with Gasteiger partial charge < -0.3 is 14.5 Å². The molecule has 0 bridgehead atoms. The van der Waals surface area contributed by atoms with Gasteiger partial charge in [-0.2, -0.15) is 0 Å². The molecular formula is C21H28N2O5S. The van der Waals surface area contributed by atoms with Crippen molar-refractivity contribution in [2.24, 2.45) is 5.92 Å². The predicted octanol–water partition coefficient (Wildman–Crippen LogP) is 1.40. The van der Waals surface area contributed by atoms with Crippen LogP contribution in [0, 0.1) is 5.92 Å². The van der Waals surface area contributed by atoms with Crippen LogP contribution in [0.2, 0.25) is 0 Å². The van der Waals surface area contributed by atoms with Gasteiger partial charge in [-0.3, -0.25) is 9.59 Å². The fourth-order valence-corrected chi connectivity index (χ4v) is 6.51. The molecule has 3 aliphatic rings. The second-order valence-electron chi connectivity index (χ2n) is 8.17. The van der Waals surface area contributed by atoms with Crippen molar-refractivity contribution in [1.29, 1.82) is 0 Å². The van der Waals surface area contributed by atoms with Gasteiger partial charge in [-0.1, -0.05) is 30.3 Å². The summed E-state index contributed by atoms with van der Waals surface area (Å²) in [6, 6.07) is 9.37. The van der Waals surface area contributed by atoms with Crippen LogP contribution >= 0.6 is 0 Å². The summed E-state index contributed by atoms with van der Waals surface area (Å²) in [4.78, 5) is 29.1. The second kappa shape index (κ2) is 8.44. The number of rotatable bonds is 3. The minimum Gasteiger partial charge on any atom is -0.381 e. The lowest BCUT2D eigenvalue weighted by atomic mass is 10.1. The fraction of sp³-hybridized carbons (Fsp3) is 0.619. The summed E-state index contributed by atoms with van der Waals surface area (Å²) in [6.07, 6.45) is 2.24. The number of likely N-dealkylation sites (tertiary alicyclic amines) is 1. The summed E-state index contributed by atoms with van der Waals surface area (Å²) < 4.78 is 31.0. The highest BCUT2D eigenvalue weighted by Crippen LogP contribution is 2.31. The maximum absolute atomic E-state index is 13.1. The minimum absolute atomic E-state index is 0.0276. The van der Waals surface area contributed by atoms with Crippen LogP contribution in [0.5, 0.6) is 0 Å². The van der Waals surface area contributed by atoms with E-state index >= 15 is 0 Å². The molecule has 2 unspecified atom stereocenters. The van der Waals surface area contributed by atoms with Crippen LogP contribution in [0.25, 0.3) is 0 Å². The number of ether oxygens (including phenoxy) is 1. The van der Waals surface area contributed by atoms with Crippen molar-refractivity contribution in [2.45, 2.75) is 37.0 Å². The Morgan fingerprint density at radius 2 is 1.76 bits per heavy atom. The molecule has 2 atom stereocenters. The van der Waals surface area contributed by atoms with Crippen LogP contribution in [-0.4, -0.2) is 74.7 Å². The van der Waals surface area contributed by atoms with E-state index in [1.54, 1.807) is 4.90 Å². The van der Waals surface area contributed by atoms with Gasteiger partial charge in [0.05, 0.1) is 16.9 Å². The van der Waals surface area contributed by atoms with Crippen molar-refractivity contribution in [2.75, 3.05) is 38.6 Å². The average Bonchev–Trinajstić information content (AvgIpc) is 3.04. The molecule has 1 aromatic carbocycles. The molecule has 0 aliphatic carbocycles. The first-order valence-electron chi connectivity index (χ1n) is 10.4. The largest absolute Gasteiger partial charge is 0.381 e. The number of carbonyl (C=O) groups excluding carboxylic acids is 2. The molecule has 2 amide bonds. The van der Waals surface area contributed by atoms with Gasteiger partial charge >= 0.3 is 0 Å². The van der Waals surface area contributed by atoms with Crippen LogP contribution in [0.1, 0.15) is 36.5 Å². The average molecular weight is 421 g/mol. The number of hydrogen-bond acceptors (Lipinski definition) is 5. The molecule has 158 valence electrons. The molecule has 0 aromatic heterocycles. The second-order valence-corrected chi connectivity index (χ2v) is 10.5. The molecule has 0 radical (unpaired) electrons. The molecule has 8 heteroatoms. The van der Waals surface area contributed by atoms with Gasteiger partial charge in [-0.15, -0.1) is 0 Å². The van der Waals surface area contributed by atoms with Gasteiger partial charge in [0.1, 0.15) is 0 Å². The zero-order chi connectivity index (χ0) is 20.4. The Morgan fingerprint density at radius 3 is 2.48 bits per heavy atom. The minimum atomic E-state index is -3.33. The zero-order valence-corrected chi connectivity index (χ0v) is 17.4. The molecule has 3 fully saturated rings. The lowest BCUT2D eigenvalue weighted by Gasteiger charge is -2.31. The molecule has 0 spiro atoms. The summed E-state index contributed by atoms with van der Waals surface area (Å²) in [5.41, 5.74) is 0.781. The lowest BCUT2D eigenvalue weighted by molar-refractivity contribution is -0.135. The topological polar surface area (TPSA) is 84.0 Å². The smallest absolute Gasteiger partial charge is 0.228 e. The van der Waals surface area contributed by atoms with E-state index in [2.05, 4.69) is 0 Å². The van der Waals surface area contributed by atoms with E-state index in [9.17, 15) is 18.0 Å². The standard InChI is InChI=1S/C21H28N2O5S/c24-20-14-17(15-23(20)18-7-11-28-12-8-18)21(25)22-9-6-19(29(26,27)13-10-22)16-4-2-1-3-5-16/h1-5,17-19H,6-15H2. The maximum atomic E-state index is 13.1. The van der Waals surface area contributed by atoms with E-state index in [0.29, 0.717) is 32.7 Å². The summed E-state index contributed by atoms with van der Waals surface area (Å²) >= 11 is 0. The van der Waals surface area contributed by atoms with Crippen molar-refractivity contribution in [3.05, 3.63) is 35.9 Å². The van der Waals surface area contributed by atoms with Crippen LogP contribution in [0.4, 0.5) is 0 Å². The van der Waals surface area contributed by atoms with Crippen LogP contribution in [0.3, 0.4) is 0 Å². The molecule has 3 saturated heterocycles. The number of nitrogens with zero attached hydrogens (tertiary/aromatic N) is 2. The predicted molar refractivity (Wildman–Crippen MR) is 108 cm³/mol. The third-order valence-corrected chi connectivity index (χ3v) is 8.49. The fourth-order valence-electron chi connectivity index (χ4n) is 4.71. The van der Waals surface area contributed by atoms with Crippen molar-refractivity contribution in [1.82, 2.24) is 9.80 Å². The van der Waals surface area contributed by atoms with Gasteiger partial charge in [0.2, 0.25) is 11.8 Å². The van der Waals surface area contributed by atoms with Gasteiger partial charge in [0.15, 0.2) is 9.84 Å². The molecule has 1 aromatic rings. The van der Waals surface area contributed by atoms with E-state index in [0.717, 1.165) is 18.4 Å².